The monoisotopic (exact) mass is 292 g/mol. The second kappa shape index (κ2) is 6.97. The van der Waals surface area contributed by atoms with Gasteiger partial charge >= 0.3 is 12.0 Å². The summed E-state index contributed by atoms with van der Waals surface area (Å²) in [5.41, 5.74) is 1.15. The number of benzene rings is 1. The third-order valence-electron chi connectivity index (χ3n) is 3.34. The normalized spacial score (nSPS) is 17.5. The van der Waals surface area contributed by atoms with E-state index in [-0.39, 0.29) is 24.5 Å². The molecule has 21 heavy (non-hydrogen) atoms. The van der Waals surface area contributed by atoms with E-state index in [1.807, 2.05) is 24.3 Å². The molecule has 6 heteroatoms. The van der Waals surface area contributed by atoms with Crippen molar-refractivity contribution in [2.75, 3.05) is 13.1 Å². The van der Waals surface area contributed by atoms with Gasteiger partial charge in [0.15, 0.2) is 0 Å². The lowest BCUT2D eigenvalue weighted by Crippen LogP contribution is -2.42. The number of carboxylic acid groups (broad SMARTS) is 1. The van der Waals surface area contributed by atoms with Gasteiger partial charge < -0.3 is 20.5 Å². The van der Waals surface area contributed by atoms with Crippen LogP contribution in [0.25, 0.3) is 0 Å². The van der Waals surface area contributed by atoms with Crippen LogP contribution in [0.4, 0.5) is 4.79 Å². The Hall–Kier alpha value is -2.24. The van der Waals surface area contributed by atoms with Crippen LogP contribution in [0.15, 0.2) is 24.3 Å². The van der Waals surface area contributed by atoms with E-state index in [0.717, 1.165) is 17.7 Å². The van der Waals surface area contributed by atoms with Crippen molar-refractivity contribution < 1.29 is 19.4 Å². The number of urea groups is 1. The molecule has 0 fully saturated rings. The Labute approximate surface area is 123 Å². The smallest absolute Gasteiger partial charge is 0.314 e. The third-order valence-corrected chi connectivity index (χ3v) is 3.34. The molecule has 0 aromatic heterocycles. The van der Waals surface area contributed by atoms with E-state index in [9.17, 15) is 9.59 Å². The molecule has 2 atom stereocenters. The highest BCUT2D eigenvalue weighted by atomic mass is 16.5. The van der Waals surface area contributed by atoms with Gasteiger partial charge in [-0.05, 0) is 17.5 Å². The quantitative estimate of drug-likeness (QED) is 0.739. The van der Waals surface area contributed by atoms with Gasteiger partial charge in [0.05, 0.1) is 6.54 Å². The first-order valence-corrected chi connectivity index (χ1v) is 7.02. The molecular weight excluding hydrogens is 272 g/mol. The molecular formula is C15H20N2O4. The topological polar surface area (TPSA) is 87.7 Å². The zero-order valence-electron chi connectivity index (χ0n) is 12.0. The van der Waals surface area contributed by atoms with E-state index in [0.29, 0.717) is 13.1 Å². The van der Waals surface area contributed by atoms with Crippen LogP contribution in [0, 0.1) is 5.92 Å². The average molecular weight is 292 g/mol. The van der Waals surface area contributed by atoms with Gasteiger partial charge in [0.1, 0.15) is 11.9 Å². The Morgan fingerprint density at radius 2 is 2.14 bits per heavy atom. The number of nitrogens with one attached hydrogen (secondary N) is 2. The number of amides is 2. The van der Waals surface area contributed by atoms with Gasteiger partial charge in [0.2, 0.25) is 0 Å². The van der Waals surface area contributed by atoms with Gasteiger partial charge in [-0.1, -0.05) is 25.1 Å². The van der Waals surface area contributed by atoms with Crippen LogP contribution in [-0.4, -0.2) is 36.3 Å². The molecule has 1 heterocycles. The molecule has 0 saturated heterocycles. The zero-order valence-corrected chi connectivity index (χ0v) is 12.0. The predicted octanol–water partition coefficient (Wildman–Crippen LogP) is 1.40. The molecule has 3 N–H and O–H groups in total. The summed E-state index contributed by atoms with van der Waals surface area (Å²) in [6.07, 6.45) is 0.775. The van der Waals surface area contributed by atoms with Gasteiger partial charge in [-0.15, -0.1) is 0 Å². The third kappa shape index (κ3) is 4.66. The minimum atomic E-state index is -0.859. The van der Waals surface area contributed by atoms with Crippen LogP contribution < -0.4 is 15.4 Å². The Kier molecular flexibility index (Phi) is 5.03. The summed E-state index contributed by atoms with van der Waals surface area (Å²) in [6.45, 7) is 2.54. The van der Waals surface area contributed by atoms with Gasteiger partial charge in [-0.25, -0.2) is 4.79 Å². The van der Waals surface area contributed by atoms with Crippen LogP contribution in [0.2, 0.25) is 0 Å². The first-order valence-electron chi connectivity index (χ1n) is 7.02. The fourth-order valence-corrected chi connectivity index (χ4v) is 2.27. The molecule has 1 aliphatic heterocycles. The Morgan fingerprint density at radius 3 is 2.86 bits per heavy atom. The van der Waals surface area contributed by atoms with Crippen molar-refractivity contribution in [2.45, 2.75) is 25.9 Å². The number of rotatable bonds is 6. The molecule has 0 spiro atoms. The minimum absolute atomic E-state index is 0.0430. The molecule has 2 amide bonds. The van der Waals surface area contributed by atoms with Crippen LogP contribution in [-0.2, 0) is 11.2 Å². The van der Waals surface area contributed by atoms with Crippen molar-refractivity contribution in [3.8, 4) is 5.75 Å². The highest BCUT2D eigenvalue weighted by molar-refractivity contribution is 5.74. The number of fused-ring (bicyclic) bond motifs is 1. The van der Waals surface area contributed by atoms with Crippen molar-refractivity contribution in [3.05, 3.63) is 29.8 Å². The maximum Gasteiger partial charge on any atom is 0.314 e. The van der Waals surface area contributed by atoms with E-state index in [2.05, 4.69) is 10.6 Å². The maximum atomic E-state index is 11.6. The van der Waals surface area contributed by atoms with Crippen molar-refractivity contribution in [1.82, 2.24) is 10.6 Å². The molecule has 0 aliphatic carbocycles. The Bertz CT molecular complexity index is 493. The number of hydrogen-bond donors (Lipinski definition) is 3. The lowest BCUT2D eigenvalue weighted by Gasteiger charge is -2.14. The number of hydrogen-bond acceptors (Lipinski definition) is 3. The van der Waals surface area contributed by atoms with Gasteiger partial charge in [0, 0.05) is 19.4 Å². The summed E-state index contributed by atoms with van der Waals surface area (Å²) in [5, 5.41) is 14.0. The summed E-state index contributed by atoms with van der Waals surface area (Å²) in [6, 6.07) is 7.53. The number of carboxylic acids is 1. The molecule has 0 saturated carbocycles. The molecule has 2 unspecified atom stereocenters. The SMILES string of the molecule is CC(CNC(=O)NCC1Cc2ccccc2O1)CC(=O)O. The molecule has 0 radical (unpaired) electrons. The molecule has 114 valence electrons. The van der Waals surface area contributed by atoms with Gasteiger partial charge in [0.25, 0.3) is 0 Å². The first kappa shape index (κ1) is 15.2. The van der Waals surface area contributed by atoms with E-state index in [1.54, 1.807) is 6.92 Å². The lowest BCUT2D eigenvalue weighted by atomic mass is 10.1. The lowest BCUT2D eigenvalue weighted by molar-refractivity contribution is -0.137. The molecule has 0 bridgehead atoms. The zero-order chi connectivity index (χ0) is 15.2. The van der Waals surface area contributed by atoms with Gasteiger partial charge in [-0.3, -0.25) is 4.79 Å². The van der Waals surface area contributed by atoms with Crippen LogP contribution in [0.3, 0.4) is 0 Å². The van der Waals surface area contributed by atoms with Crippen molar-refractivity contribution >= 4 is 12.0 Å². The van der Waals surface area contributed by atoms with Crippen molar-refractivity contribution in [2.24, 2.45) is 5.92 Å². The van der Waals surface area contributed by atoms with Gasteiger partial charge in [-0.2, -0.15) is 0 Å². The van der Waals surface area contributed by atoms with Crippen LogP contribution in [0.1, 0.15) is 18.9 Å². The number of carbonyl (C=O) groups is 2. The highest BCUT2D eigenvalue weighted by Gasteiger charge is 2.22. The summed E-state index contributed by atoms with van der Waals surface area (Å²) in [7, 11) is 0. The predicted molar refractivity (Wildman–Crippen MR) is 77.4 cm³/mol. The Morgan fingerprint density at radius 1 is 1.38 bits per heavy atom. The van der Waals surface area contributed by atoms with Crippen LogP contribution >= 0.6 is 0 Å². The summed E-state index contributed by atoms with van der Waals surface area (Å²) >= 11 is 0. The van der Waals surface area contributed by atoms with E-state index >= 15 is 0 Å². The molecule has 2 rings (SSSR count). The van der Waals surface area contributed by atoms with E-state index < -0.39 is 5.97 Å². The second-order valence-corrected chi connectivity index (χ2v) is 5.35. The van der Waals surface area contributed by atoms with Crippen molar-refractivity contribution in [3.63, 3.8) is 0 Å². The maximum absolute atomic E-state index is 11.6. The standard InChI is InChI=1S/C15H20N2O4/c1-10(6-14(18)19)8-16-15(20)17-9-12-7-11-4-2-3-5-13(11)21-12/h2-5,10,12H,6-9H2,1H3,(H,18,19)(H2,16,17,20). The Balaban J connectivity index is 1.65. The fourth-order valence-electron chi connectivity index (χ4n) is 2.27. The number of carbonyl (C=O) groups excluding carboxylic acids is 1. The minimum Gasteiger partial charge on any atom is -0.488 e. The molecule has 1 aliphatic rings. The largest absolute Gasteiger partial charge is 0.488 e. The highest BCUT2D eigenvalue weighted by Crippen LogP contribution is 2.27. The number of aliphatic carboxylic acids is 1. The second-order valence-electron chi connectivity index (χ2n) is 5.35. The molecule has 1 aromatic rings. The van der Waals surface area contributed by atoms with E-state index in [4.69, 9.17) is 9.84 Å². The summed E-state index contributed by atoms with van der Waals surface area (Å²) < 4.78 is 5.72. The van der Waals surface area contributed by atoms with Crippen LogP contribution in [0.5, 0.6) is 5.75 Å². The summed E-state index contributed by atoms with van der Waals surface area (Å²) in [4.78, 5) is 22.2. The number of para-hydroxylation sites is 1. The van der Waals surface area contributed by atoms with E-state index in [1.165, 1.54) is 0 Å². The molecule has 1 aromatic carbocycles. The molecule has 6 nitrogen and oxygen atoms in total. The number of ether oxygens (including phenoxy) is 1. The first-order chi connectivity index (χ1) is 10.0. The average Bonchev–Trinajstić information content (AvgIpc) is 2.85. The fraction of sp³-hybridized carbons (Fsp3) is 0.467. The summed E-state index contributed by atoms with van der Waals surface area (Å²) in [5.74, 6) is -0.0816. The van der Waals surface area contributed by atoms with Crippen molar-refractivity contribution in [1.29, 1.82) is 0 Å².